The van der Waals surface area contributed by atoms with Crippen LogP contribution in [0.25, 0.3) is 0 Å². The van der Waals surface area contributed by atoms with Crippen LogP contribution in [-0.4, -0.2) is 12.6 Å². The van der Waals surface area contributed by atoms with E-state index in [2.05, 4.69) is 13.8 Å². The van der Waals surface area contributed by atoms with Gasteiger partial charge in [-0.15, -0.1) is 0 Å². The van der Waals surface area contributed by atoms with E-state index in [1.165, 1.54) is 0 Å². The SMILES string of the molecule is CC/C=C(\CCC)C(=O)OCCCC. The van der Waals surface area contributed by atoms with Crippen LogP contribution in [0.2, 0.25) is 0 Å². The first kappa shape index (κ1) is 13.2. The second kappa shape index (κ2) is 8.79. The van der Waals surface area contributed by atoms with Crippen LogP contribution in [0.3, 0.4) is 0 Å². The number of rotatable bonds is 7. The fraction of sp³-hybridized carbons (Fsp3) is 0.750. The molecule has 0 radical (unpaired) electrons. The molecule has 0 aromatic rings. The van der Waals surface area contributed by atoms with Gasteiger partial charge in [0.15, 0.2) is 0 Å². The van der Waals surface area contributed by atoms with Crippen molar-refractivity contribution >= 4 is 5.97 Å². The van der Waals surface area contributed by atoms with Crippen molar-refractivity contribution in [1.82, 2.24) is 0 Å². The number of hydrogen-bond donors (Lipinski definition) is 0. The average molecular weight is 198 g/mol. The standard InChI is InChI=1S/C12H22O2/c1-4-7-10-14-12(13)11(8-5-2)9-6-3/h8H,4-7,9-10H2,1-3H3/b11-8+. The minimum atomic E-state index is -0.123. The average Bonchev–Trinajstić information content (AvgIpc) is 2.18. The summed E-state index contributed by atoms with van der Waals surface area (Å²) in [5.41, 5.74) is 0.839. The molecular formula is C12H22O2. The number of carbonyl (C=O) groups excluding carboxylic acids is 1. The zero-order valence-corrected chi connectivity index (χ0v) is 9.64. The lowest BCUT2D eigenvalue weighted by atomic mass is 10.1. The molecular weight excluding hydrogens is 176 g/mol. The van der Waals surface area contributed by atoms with Crippen molar-refractivity contribution in [2.45, 2.75) is 52.9 Å². The highest BCUT2D eigenvalue weighted by Crippen LogP contribution is 2.08. The molecule has 0 saturated heterocycles. The molecule has 0 heterocycles. The summed E-state index contributed by atoms with van der Waals surface area (Å²) in [5, 5.41) is 0. The quantitative estimate of drug-likeness (QED) is 0.356. The highest BCUT2D eigenvalue weighted by Gasteiger charge is 2.08. The van der Waals surface area contributed by atoms with Gasteiger partial charge in [-0.2, -0.15) is 0 Å². The van der Waals surface area contributed by atoms with Gasteiger partial charge in [-0.05, 0) is 19.3 Å². The molecule has 0 unspecified atom stereocenters. The van der Waals surface area contributed by atoms with Gasteiger partial charge in [-0.1, -0.05) is 39.7 Å². The normalized spacial score (nSPS) is 11.5. The van der Waals surface area contributed by atoms with Crippen LogP contribution in [-0.2, 0) is 9.53 Å². The molecule has 0 aromatic carbocycles. The van der Waals surface area contributed by atoms with Crippen LogP contribution in [0.1, 0.15) is 52.9 Å². The molecule has 2 heteroatoms. The molecule has 0 fully saturated rings. The molecule has 0 bridgehead atoms. The fourth-order valence-corrected chi connectivity index (χ4v) is 1.21. The van der Waals surface area contributed by atoms with Crippen molar-refractivity contribution in [1.29, 1.82) is 0 Å². The monoisotopic (exact) mass is 198 g/mol. The number of esters is 1. The summed E-state index contributed by atoms with van der Waals surface area (Å²) in [7, 11) is 0. The third-order valence-corrected chi connectivity index (χ3v) is 1.96. The van der Waals surface area contributed by atoms with Gasteiger partial charge in [0.05, 0.1) is 6.61 Å². The minimum Gasteiger partial charge on any atom is -0.462 e. The van der Waals surface area contributed by atoms with Gasteiger partial charge >= 0.3 is 5.97 Å². The Kier molecular flexibility index (Phi) is 8.30. The Balaban J connectivity index is 3.96. The second-order valence-corrected chi connectivity index (χ2v) is 3.38. The maximum absolute atomic E-state index is 11.5. The van der Waals surface area contributed by atoms with E-state index in [-0.39, 0.29) is 5.97 Å². The van der Waals surface area contributed by atoms with Gasteiger partial charge in [0.2, 0.25) is 0 Å². The molecule has 0 aromatic heterocycles. The number of ether oxygens (including phenoxy) is 1. The van der Waals surface area contributed by atoms with Crippen molar-refractivity contribution < 1.29 is 9.53 Å². The number of hydrogen-bond acceptors (Lipinski definition) is 2. The first-order valence-corrected chi connectivity index (χ1v) is 5.62. The smallest absolute Gasteiger partial charge is 0.333 e. The second-order valence-electron chi connectivity index (χ2n) is 3.38. The van der Waals surface area contributed by atoms with Crippen molar-refractivity contribution in [3.63, 3.8) is 0 Å². The molecule has 0 amide bonds. The van der Waals surface area contributed by atoms with E-state index in [0.717, 1.165) is 37.7 Å². The van der Waals surface area contributed by atoms with Crippen LogP contribution in [0.15, 0.2) is 11.6 Å². The van der Waals surface area contributed by atoms with Crippen molar-refractivity contribution in [2.24, 2.45) is 0 Å². The third-order valence-electron chi connectivity index (χ3n) is 1.96. The summed E-state index contributed by atoms with van der Waals surface area (Å²) in [4.78, 5) is 11.5. The molecule has 0 aliphatic rings. The van der Waals surface area contributed by atoms with Crippen molar-refractivity contribution in [2.75, 3.05) is 6.61 Å². The predicted molar refractivity (Wildman–Crippen MR) is 59.1 cm³/mol. The maximum Gasteiger partial charge on any atom is 0.333 e. The lowest BCUT2D eigenvalue weighted by Gasteiger charge is -2.06. The lowest BCUT2D eigenvalue weighted by molar-refractivity contribution is -0.139. The molecule has 2 nitrogen and oxygen atoms in total. The van der Waals surface area contributed by atoms with Gasteiger partial charge in [0.25, 0.3) is 0 Å². The zero-order chi connectivity index (χ0) is 10.8. The van der Waals surface area contributed by atoms with Gasteiger partial charge in [0, 0.05) is 5.57 Å². The molecule has 0 rings (SSSR count). The number of carbonyl (C=O) groups is 1. The summed E-state index contributed by atoms with van der Waals surface area (Å²) in [6.45, 7) is 6.75. The van der Waals surface area contributed by atoms with Crippen molar-refractivity contribution in [3.05, 3.63) is 11.6 Å². The van der Waals surface area contributed by atoms with Crippen LogP contribution in [0, 0.1) is 0 Å². The van der Waals surface area contributed by atoms with E-state index < -0.39 is 0 Å². The third kappa shape index (κ3) is 5.79. The Hall–Kier alpha value is -0.790. The highest BCUT2D eigenvalue weighted by molar-refractivity contribution is 5.88. The Morgan fingerprint density at radius 1 is 1.21 bits per heavy atom. The van der Waals surface area contributed by atoms with Gasteiger partial charge in [0.1, 0.15) is 0 Å². The molecule has 0 spiro atoms. The molecule has 0 aliphatic carbocycles. The summed E-state index contributed by atoms with van der Waals surface area (Å²) in [6, 6.07) is 0. The van der Waals surface area contributed by atoms with E-state index in [1.807, 2.05) is 13.0 Å². The van der Waals surface area contributed by atoms with Gasteiger partial charge in [-0.3, -0.25) is 0 Å². The van der Waals surface area contributed by atoms with E-state index in [4.69, 9.17) is 4.74 Å². The van der Waals surface area contributed by atoms with E-state index in [9.17, 15) is 4.79 Å². The van der Waals surface area contributed by atoms with Gasteiger partial charge < -0.3 is 4.74 Å². The zero-order valence-electron chi connectivity index (χ0n) is 9.64. The Morgan fingerprint density at radius 3 is 2.43 bits per heavy atom. The van der Waals surface area contributed by atoms with E-state index >= 15 is 0 Å². The van der Waals surface area contributed by atoms with Crippen molar-refractivity contribution in [3.8, 4) is 0 Å². The number of unbranched alkanes of at least 4 members (excludes halogenated alkanes) is 1. The lowest BCUT2D eigenvalue weighted by Crippen LogP contribution is -2.09. The Labute approximate surface area is 87.3 Å². The van der Waals surface area contributed by atoms with Crippen LogP contribution >= 0.6 is 0 Å². The molecule has 0 atom stereocenters. The molecule has 0 N–H and O–H groups in total. The topological polar surface area (TPSA) is 26.3 Å². The minimum absolute atomic E-state index is 0.123. The molecule has 14 heavy (non-hydrogen) atoms. The Morgan fingerprint density at radius 2 is 1.93 bits per heavy atom. The van der Waals surface area contributed by atoms with Crippen LogP contribution in [0.4, 0.5) is 0 Å². The highest BCUT2D eigenvalue weighted by atomic mass is 16.5. The van der Waals surface area contributed by atoms with Gasteiger partial charge in [-0.25, -0.2) is 4.79 Å². The fourth-order valence-electron chi connectivity index (χ4n) is 1.21. The predicted octanol–water partition coefficient (Wildman–Crippen LogP) is 3.47. The van der Waals surface area contributed by atoms with E-state index in [0.29, 0.717) is 6.61 Å². The van der Waals surface area contributed by atoms with Crippen LogP contribution in [0.5, 0.6) is 0 Å². The summed E-state index contributed by atoms with van der Waals surface area (Å²) < 4.78 is 5.14. The van der Waals surface area contributed by atoms with Crippen LogP contribution < -0.4 is 0 Å². The first-order valence-electron chi connectivity index (χ1n) is 5.62. The summed E-state index contributed by atoms with van der Waals surface area (Å²) >= 11 is 0. The summed E-state index contributed by atoms with van der Waals surface area (Å²) in [6.07, 6.45) is 6.72. The molecule has 0 saturated carbocycles. The Bertz CT molecular complexity index is 183. The molecule has 0 aliphatic heterocycles. The first-order chi connectivity index (χ1) is 6.76. The molecule has 82 valence electrons. The summed E-state index contributed by atoms with van der Waals surface area (Å²) in [5.74, 6) is -0.123. The maximum atomic E-state index is 11.5. The number of allylic oxidation sites excluding steroid dienone is 1. The largest absolute Gasteiger partial charge is 0.462 e. The van der Waals surface area contributed by atoms with E-state index in [1.54, 1.807) is 0 Å².